The molecule has 2 heteroatoms. The zero-order valence-corrected chi connectivity index (χ0v) is 34.2. The van der Waals surface area contributed by atoms with Crippen LogP contribution in [0.25, 0.3) is 99.5 Å². The van der Waals surface area contributed by atoms with Crippen molar-refractivity contribution in [2.24, 2.45) is 0 Å². The SMILES string of the molecule is CC1(C)c2ccccc2-c2ccc(-c3cc(-c4ccc(-c5ccnc6ccccc56)cc4)c4cc(-c5ccc6c(c5)C(C)(C)c5ccccc5-6)c5ccccc5c4n3)cc21. The molecule has 2 nitrogen and oxygen atoms in total. The van der Waals surface area contributed by atoms with Crippen LogP contribution in [0.4, 0.5) is 0 Å². The molecule has 0 unspecified atom stereocenters. The zero-order valence-electron chi connectivity index (χ0n) is 34.2. The van der Waals surface area contributed by atoms with Crippen LogP contribution < -0.4 is 0 Å². The first-order valence-electron chi connectivity index (χ1n) is 21.1. The zero-order chi connectivity index (χ0) is 40.3. The van der Waals surface area contributed by atoms with Crippen molar-refractivity contribution in [1.82, 2.24) is 9.97 Å². The molecule has 2 heterocycles. The standard InChI is InChI=1S/C58H42N2/c1-57(2)50-18-10-7-14-41(50)43-27-25-37(31-52(43)57)47-33-49-48(36-23-21-35(22-24-36)39-29-30-59-54-20-12-9-16-45(39)54)34-55(60-56(49)46-17-6-5-13-40(46)47)38-26-28-44-42-15-8-11-19-51(42)58(3,4)53(44)32-38/h5-34H,1-4H3. The summed E-state index contributed by atoms with van der Waals surface area (Å²) in [6, 6.07) is 65.0. The van der Waals surface area contributed by atoms with Crippen molar-refractivity contribution >= 4 is 32.6 Å². The van der Waals surface area contributed by atoms with E-state index in [1.807, 2.05) is 6.20 Å². The van der Waals surface area contributed by atoms with Gasteiger partial charge in [-0.15, -0.1) is 0 Å². The quantitative estimate of drug-likeness (QED) is 0.167. The molecule has 0 fully saturated rings. The summed E-state index contributed by atoms with van der Waals surface area (Å²) in [5, 5.41) is 4.67. The summed E-state index contributed by atoms with van der Waals surface area (Å²) in [6.45, 7) is 9.42. The van der Waals surface area contributed by atoms with Crippen molar-refractivity contribution in [1.29, 1.82) is 0 Å². The predicted octanol–water partition coefficient (Wildman–Crippen LogP) is 15.2. The molecule has 0 aliphatic heterocycles. The Morgan fingerprint density at radius 2 is 0.833 bits per heavy atom. The minimum Gasteiger partial charge on any atom is -0.256 e. The molecular formula is C58H42N2. The highest BCUT2D eigenvalue weighted by molar-refractivity contribution is 6.16. The lowest BCUT2D eigenvalue weighted by molar-refractivity contribution is 0.660. The molecule has 12 rings (SSSR count). The van der Waals surface area contributed by atoms with Crippen LogP contribution in [0, 0.1) is 0 Å². The minimum atomic E-state index is -0.109. The maximum absolute atomic E-state index is 5.62. The molecule has 60 heavy (non-hydrogen) atoms. The van der Waals surface area contributed by atoms with Crippen LogP contribution in [-0.4, -0.2) is 9.97 Å². The highest BCUT2D eigenvalue weighted by Gasteiger charge is 2.36. The van der Waals surface area contributed by atoms with Crippen LogP contribution in [-0.2, 0) is 10.8 Å². The summed E-state index contributed by atoms with van der Waals surface area (Å²) < 4.78 is 0. The number of fused-ring (bicyclic) bond motifs is 10. The number of rotatable bonds is 4. The van der Waals surface area contributed by atoms with Crippen molar-refractivity contribution < 1.29 is 0 Å². The van der Waals surface area contributed by atoms with Crippen molar-refractivity contribution in [2.45, 2.75) is 38.5 Å². The molecule has 0 bridgehead atoms. The van der Waals surface area contributed by atoms with Gasteiger partial charge in [-0.05, 0) is 120 Å². The van der Waals surface area contributed by atoms with E-state index in [2.05, 4.69) is 209 Å². The van der Waals surface area contributed by atoms with Crippen molar-refractivity contribution in [3.05, 3.63) is 204 Å². The Labute approximate surface area is 350 Å². The van der Waals surface area contributed by atoms with E-state index in [0.29, 0.717) is 0 Å². The highest BCUT2D eigenvalue weighted by Crippen LogP contribution is 2.52. The molecule has 2 aromatic heterocycles. The van der Waals surface area contributed by atoms with Gasteiger partial charge in [0.15, 0.2) is 0 Å². The number of pyridine rings is 2. The first-order valence-corrected chi connectivity index (χ1v) is 21.1. The van der Waals surface area contributed by atoms with Gasteiger partial charge in [-0.1, -0.05) is 167 Å². The van der Waals surface area contributed by atoms with Crippen LogP contribution in [0.1, 0.15) is 49.9 Å². The Kier molecular flexibility index (Phi) is 7.36. The van der Waals surface area contributed by atoms with Gasteiger partial charge in [0.25, 0.3) is 0 Å². The largest absolute Gasteiger partial charge is 0.256 e. The Bertz CT molecular complexity index is 3420. The van der Waals surface area contributed by atoms with E-state index in [4.69, 9.17) is 4.98 Å². The average molecular weight is 767 g/mol. The third kappa shape index (κ3) is 5.01. The lowest BCUT2D eigenvalue weighted by Crippen LogP contribution is -2.15. The summed E-state index contributed by atoms with van der Waals surface area (Å²) in [5.74, 6) is 0. The van der Waals surface area contributed by atoms with Crippen molar-refractivity contribution in [3.8, 4) is 66.9 Å². The van der Waals surface area contributed by atoms with Crippen LogP contribution in [0.15, 0.2) is 182 Å². The van der Waals surface area contributed by atoms with Gasteiger partial charge in [0, 0.05) is 38.7 Å². The first kappa shape index (κ1) is 34.8. The van der Waals surface area contributed by atoms with Gasteiger partial charge in [0.1, 0.15) is 0 Å². The van der Waals surface area contributed by atoms with E-state index >= 15 is 0 Å². The monoisotopic (exact) mass is 766 g/mol. The summed E-state index contributed by atoms with van der Waals surface area (Å²) >= 11 is 0. The van der Waals surface area contributed by atoms with Gasteiger partial charge in [0.05, 0.1) is 16.7 Å². The fraction of sp³-hybridized carbons (Fsp3) is 0.103. The van der Waals surface area contributed by atoms with E-state index in [9.17, 15) is 0 Å². The normalized spacial score (nSPS) is 14.3. The molecule has 0 saturated heterocycles. The van der Waals surface area contributed by atoms with E-state index in [-0.39, 0.29) is 10.8 Å². The molecule has 284 valence electrons. The molecule has 0 saturated carbocycles. The molecule has 0 spiro atoms. The third-order valence-electron chi connectivity index (χ3n) is 13.7. The van der Waals surface area contributed by atoms with Crippen molar-refractivity contribution in [3.63, 3.8) is 0 Å². The van der Waals surface area contributed by atoms with Gasteiger partial charge >= 0.3 is 0 Å². The molecular weight excluding hydrogens is 725 g/mol. The molecule has 0 amide bonds. The second kappa shape index (κ2) is 12.7. The molecule has 10 aromatic rings. The maximum atomic E-state index is 5.62. The predicted molar refractivity (Wildman–Crippen MR) is 251 cm³/mol. The van der Waals surface area contributed by atoms with Gasteiger partial charge in [-0.3, -0.25) is 4.98 Å². The lowest BCUT2D eigenvalue weighted by atomic mass is 9.81. The molecule has 0 radical (unpaired) electrons. The molecule has 0 atom stereocenters. The third-order valence-corrected chi connectivity index (χ3v) is 13.7. The highest BCUT2D eigenvalue weighted by atomic mass is 14.7. The number of nitrogens with zero attached hydrogens (tertiary/aromatic N) is 2. The Morgan fingerprint density at radius 1 is 0.333 bits per heavy atom. The van der Waals surface area contributed by atoms with E-state index in [1.165, 1.54) is 77.7 Å². The van der Waals surface area contributed by atoms with Crippen LogP contribution in [0.5, 0.6) is 0 Å². The van der Waals surface area contributed by atoms with Crippen LogP contribution in [0.2, 0.25) is 0 Å². The number of aromatic nitrogens is 2. The number of hydrogen-bond acceptors (Lipinski definition) is 2. The van der Waals surface area contributed by atoms with Crippen LogP contribution >= 0.6 is 0 Å². The fourth-order valence-corrected chi connectivity index (χ4v) is 10.6. The molecule has 2 aliphatic carbocycles. The molecule has 0 N–H and O–H groups in total. The van der Waals surface area contributed by atoms with Gasteiger partial charge in [-0.25, -0.2) is 4.98 Å². The first-order chi connectivity index (χ1) is 29.3. The van der Waals surface area contributed by atoms with E-state index in [1.54, 1.807) is 0 Å². The summed E-state index contributed by atoms with van der Waals surface area (Å²) in [7, 11) is 0. The lowest BCUT2D eigenvalue weighted by Gasteiger charge is -2.22. The van der Waals surface area contributed by atoms with Gasteiger partial charge < -0.3 is 0 Å². The summed E-state index contributed by atoms with van der Waals surface area (Å²) in [5.41, 5.74) is 21.9. The smallest absolute Gasteiger partial charge is 0.0794 e. The average Bonchev–Trinajstić information content (AvgIpc) is 3.67. The topological polar surface area (TPSA) is 25.8 Å². The fourth-order valence-electron chi connectivity index (χ4n) is 10.6. The summed E-state index contributed by atoms with van der Waals surface area (Å²) in [6.07, 6.45) is 1.91. The van der Waals surface area contributed by atoms with Gasteiger partial charge in [0.2, 0.25) is 0 Å². The number of benzene rings is 8. The second-order valence-corrected chi connectivity index (χ2v) is 17.7. The molecule has 2 aliphatic rings. The Hall–Kier alpha value is -7.16. The Balaban J connectivity index is 1.09. The number of hydrogen-bond donors (Lipinski definition) is 0. The van der Waals surface area contributed by atoms with Crippen LogP contribution in [0.3, 0.4) is 0 Å². The maximum Gasteiger partial charge on any atom is 0.0794 e. The van der Waals surface area contributed by atoms with E-state index in [0.717, 1.165) is 44.0 Å². The number of para-hydroxylation sites is 1. The minimum absolute atomic E-state index is 0.0934. The van der Waals surface area contributed by atoms with E-state index < -0.39 is 0 Å². The second-order valence-electron chi connectivity index (χ2n) is 17.7. The molecule has 8 aromatic carbocycles. The summed E-state index contributed by atoms with van der Waals surface area (Å²) in [4.78, 5) is 10.3. The van der Waals surface area contributed by atoms with Crippen molar-refractivity contribution in [2.75, 3.05) is 0 Å². The van der Waals surface area contributed by atoms with Gasteiger partial charge in [-0.2, -0.15) is 0 Å². The Morgan fingerprint density at radius 3 is 1.52 bits per heavy atom.